The van der Waals surface area contributed by atoms with Gasteiger partial charge in [0.15, 0.2) is 11.5 Å². The van der Waals surface area contributed by atoms with Crippen LogP contribution >= 0.6 is 22.6 Å². The van der Waals surface area contributed by atoms with Gasteiger partial charge in [0, 0.05) is 5.92 Å². The fraction of sp³-hybridized carbons (Fsp3) is 0.387. The topological polar surface area (TPSA) is 112 Å². The Labute approximate surface area is 252 Å². The van der Waals surface area contributed by atoms with E-state index in [2.05, 4.69) is 28.7 Å². The molecule has 2 saturated heterocycles. The molecule has 1 aliphatic carbocycles. The molecular weight excluding hydrogens is 641 g/mol. The molecule has 10 heteroatoms. The van der Waals surface area contributed by atoms with Crippen molar-refractivity contribution in [3.8, 4) is 17.2 Å². The normalized spacial score (nSPS) is 23.9. The summed E-state index contributed by atoms with van der Waals surface area (Å²) in [5.41, 5.74) is 3.97. The second-order valence-electron chi connectivity index (χ2n) is 10.5. The summed E-state index contributed by atoms with van der Waals surface area (Å²) in [4.78, 5) is 39.5. The van der Waals surface area contributed by atoms with Gasteiger partial charge in [-0.2, -0.15) is 4.90 Å². The predicted octanol–water partition coefficient (Wildman–Crippen LogP) is 5.35. The largest absolute Gasteiger partial charge is 0.504 e. The fourth-order valence-corrected chi connectivity index (χ4v) is 6.74. The average Bonchev–Trinajstić information content (AvgIpc) is 3.50. The van der Waals surface area contributed by atoms with Gasteiger partial charge in [-0.1, -0.05) is 29.8 Å². The number of likely N-dealkylation sites (tertiary alicyclic amines) is 1. The van der Waals surface area contributed by atoms with E-state index in [4.69, 9.17) is 18.9 Å². The number of imide groups is 3. The van der Waals surface area contributed by atoms with Crippen molar-refractivity contribution in [2.45, 2.75) is 32.3 Å². The Kier molecular flexibility index (Phi) is 8.69. The van der Waals surface area contributed by atoms with Gasteiger partial charge in [-0.05, 0) is 89.8 Å². The number of phenolic OH excluding ortho intramolecular Hbond substituents is 1. The van der Waals surface area contributed by atoms with Crippen molar-refractivity contribution in [3.63, 3.8) is 0 Å². The van der Waals surface area contributed by atoms with Gasteiger partial charge in [0.25, 0.3) is 0 Å². The zero-order chi connectivity index (χ0) is 29.3. The molecule has 2 fully saturated rings. The minimum absolute atomic E-state index is 0.117. The molecule has 41 heavy (non-hydrogen) atoms. The number of para-hydroxylation sites is 1. The van der Waals surface area contributed by atoms with Crippen molar-refractivity contribution in [2.75, 3.05) is 27.4 Å². The summed E-state index contributed by atoms with van der Waals surface area (Å²) in [6.45, 7) is 2.59. The number of fused-ring (bicyclic) bond motifs is 3. The molecule has 4 atom stereocenters. The van der Waals surface area contributed by atoms with Crippen LogP contribution in [0.15, 0.2) is 59.2 Å². The van der Waals surface area contributed by atoms with Gasteiger partial charge in [-0.25, -0.2) is 4.79 Å². The van der Waals surface area contributed by atoms with Gasteiger partial charge >= 0.3 is 6.09 Å². The Bertz CT molecular complexity index is 1420. The van der Waals surface area contributed by atoms with Crippen LogP contribution in [0.25, 0.3) is 6.08 Å². The van der Waals surface area contributed by atoms with Gasteiger partial charge < -0.3 is 24.1 Å². The number of rotatable bonds is 8. The van der Waals surface area contributed by atoms with Gasteiger partial charge in [0.2, 0.25) is 11.8 Å². The molecule has 0 spiro atoms. The van der Waals surface area contributed by atoms with E-state index in [0.29, 0.717) is 39.4 Å². The van der Waals surface area contributed by atoms with Crippen molar-refractivity contribution in [2.24, 2.45) is 17.8 Å². The van der Waals surface area contributed by atoms with Crippen LogP contribution in [0.5, 0.6) is 17.2 Å². The number of carbonyl (C=O) groups excluding carboxylic acids is 3. The zero-order valence-corrected chi connectivity index (χ0v) is 25.3. The molecule has 2 aliphatic heterocycles. The summed E-state index contributed by atoms with van der Waals surface area (Å²) in [7, 11) is 2.68. The molecule has 5 rings (SSSR count). The molecule has 3 amide bonds. The highest BCUT2D eigenvalue weighted by Gasteiger charge is 2.59. The van der Waals surface area contributed by atoms with Crippen molar-refractivity contribution in [1.82, 2.24) is 4.90 Å². The van der Waals surface area contributed by atoms with Gasteiger partial charge in [0.05, 0.1) is 42.3 Å². The first kappa shape index (κ1) is 29.1. The molecule has 2 heterocycles. The van der Waals surface area contributed by atoms with Crippen LogP contribution in [0.2, 0.25) is 0 Å². The van der Waals surface area contributed by atoms with E-state index in [0.717, 1.165) is 35.8 Å². The highest BCUT2D eigenvalue weighted by molar-refractivity contribution is 14.1. The maximum atomic E-state index is 13.3. The SMILES string of the molecule is COC(=O)N1C(=O)[C@@H]2[C@@H](CC(COc3ccccc3)=C3[C@@H](CC/C(C)=C/c4cc(I)c(O)c(OC)c4)OC[C@@H]32)C1=O. The zero-order valence-electron chi connectivity index (χ0n) is 23.1. The lowest BCUT2D eigenvalue weighted by atomic mass is 9.69. The van der Waals surface area contributed by atoms with Gasteiger partial charge in [-0.3, -0.25) is 9.59 Å². The third kappa shape index (κ3) is 5.72. The average molecular weight is 674 g/mol. The molecule has 0 unspecified atom stereocenters. The van der Waals surface area contributed by atoms with Crippen molar-refractivity contribution < 1.29 is 38.4 Å². The number of phenols is 1. The molecule has 9 nitrogen and oxygen atoms in total. The number of methoxy groups -OCH3 is 2. The Morgan fingerprint density at radius 3 is 2.61 bits per heavy atom. The second kappa shape index (κ2) is 12.2. The quantitative estimate of drug-likeness (QED) is 0.227. The van der Waals surface area contributed by atoms with Crippen LogP contribution in [0.3, 0.4) is 0 Å². The van der Waals surface area contributed by atoms with E-state index in [-0.39, 0.29) is 24.4 Å². The molecule has 2 aromatic carbocycles. The van der Waals surface area contributed by atoms with E-state index >= 15 is 0 Å². The van der Waals surface area contributed by atoms with E-state index in [1.165, 1.54) is 7.11 Å². The third-order valence-electron chi connectivity index (χ3n) is 8.01. The number of halogens is 1. The van der Waals surface area contributed by atoms with Crippen molar-refractivity contribution >= 4 is 46.6 Å². The van der Waals surface area contributed by atoms with Crippen LogP contribution in [0.4, 0.5) is 4.79 Å². The lowest BCUT2D eigenvalue weighted by Gasteiger charge is -2.31. The van der Waals surface area contributed by atoms with Crippen molar-refractivity contribution in [1.29, 1.82) is 0 Å². The molecule has 2 aromatic rings. The van der Waals surface area contributed by atoms with Crippen molar-refractivity contribution in [3.05, 3.63) is 68.3 Å². The molecular formula is C31H32INO8. The Morgan fingerprint density at radius 2 is 1.90 bits per heavy atom. The number of ether oxygens (including phenoxy) is 4. The Hall–Kier alpha value is -3.38. The molecule has 3 aliphatic rings. The van der Waals surface area contributed by atoms with Crippen LogP contribution in [0.1, 0.15) is 31.7 Å². The molecule has 0 aromatic heterocycles. The standard InChI is InChI=1S/C31H32INO8/c1-17(11-18-12-23(32)28(34)25(13-18)38-2)9-10-24-26-19(15-40-20-7-5-4-6-8-20)14-21-27(22(26)16-41-24)30(36)33(29(21)35)31(37)39-3/h4-8,11-13,21-22,24,27,34H,9-10,14-16H2,1-3H3/b17-11+/t21-,22+,24-,27-/m1/s1. The van der Waals surface area contributed by atoms with E-state index in [1.54, 1.807) is 6.07 Å². The molecule has 0 saturated carbocycles. The van der Waals surface area contributed by atoms with E-state index in [1.807, 2.05) is 43.3 Å². The summed E-state index contributed by atoms with van der Waals surface area (Å²) >= 11 is 2.07. The number of amides is 3. The first-order valence-corrected chi connectivity index (χ1v) is 14.5. The predicted molar refractivity (Wildman–Crippen MR) is 158 cm³/mol. The summed E-state index contributed by atoms with van der Waals surface area (Å²) in [6, 6.07) is 13.1. The maximum absolute atomic E-state index is 13.3. The first-order valence-electron chi connectivity index (χ1n) is 13.4. The number of benzene rings is 2. The van der Waals surface area contributed by atoms with Crippen LogP contribution in [-0.2, 0) is 19.1 Å². The van der Waals surface area contributed by atoms with Crippen LogP contribution in [-0.4, -0.2) is 61.5 Å². The molecule has 216 valence electrons. The number of hydrogen-bond acceptors (Lipinski definition) is 8. The lowest BCUT2D eigenvalue weighted by molar-refractivity contribution is -0.137. The highest BCUT2D eigenvalue weighted by atomic mass is 127. The number of nitrogens with zero attached hydrogens (tertiary/aromatic N) is 1. The molecule has 0 radical (unpaired) electrons. The third-order valence-corrected chi connectivity index (χ3v) is 8.83. The van der Waals surface area contributed by atoms with E-state index < -0.39 is 29.7 Å². The smallest absolute Gasteiger partial charge is 0.423 e. The molecule has 0 bridgehead atoms. The van der Waals surface area contributed by atoms with E-state index in [9.17, 15) is 19.5 Å². The summed E-state index contributed by atoms with van der Waals surface area (Å²) in [5, 5.41) is 10.2. The Balaban J connectivity index is 1.39. The molecule has 1 N–H and O–H groups in total. The van der Waals surface area contributed by atoms with Gasteiger partial charge in [-0.15, -0.1) is 0 Å². The lowest BCUT2D eigenvalue weighted by Crippen LogP contribution is -2.38. The number of allylic oxidation sites excluding steroid dienone is 1. The monoisotopic (exact) mass is 673 g/mol. The summed E-state index contributed by atoms with van der Waals surface area (Å²) in [5.74, 6) is -1.43. The van der Waals surface area contributed by atoms with Gasteiger partial charge in [0.1, 0.15) is 12.4 Å². The number of hydrogen-bond donors (Lipinski definition) is 1. The van der Waals surface area contributed by atoms with Crippen LogP contribution < -0.4 is 9.47 Å². The van der Waals surface area contributed by atoms with Crippen LogP contribution in [0, 0.1) is 21.3 Å². The summed E-state index contributed by atoms with van der Waals surface area (Å²) < 4.78 is 23.1. The summed E-state index contributed by atoms with van der Waals surface area (Å²) in [6.07, 6.45) is 2.58. The maximum Gasteiger partial charge on any atom is 0.423 e. The highest BCUT2D eigenvalue weighted by Crippen LogP contribution is 2.50. The second-order valence-corrected chi connectivity index (χ2v) is 11.7. The minimum Gasteiger partial charge on any atom is -0.504 e. The fourth-order valence-electron chi connectivity index (χ4n) is 6.11. The first-order chi connectivity index (χ1) is 19.7. The number of carbonyl (C=O) groups is 3. The Morgan fingerprint density at radius 1 is 1.15 bits per heavy atom. The number of aromatic hydroxyl groups is 1. The minimum atomic E-state index is -0.949.